The lowest BCUT2D eigenvalue weighted by Gasteiger charge is -2.24. The summed E-state index contributed by atoms with van der Waals surface area (Å²) in [6.07, 6.45) is 0. The third-order valence-corrected chi connectivity index (χ3v) is 6.10. The molecule has 0 radical (unpaired) electrons. The topological polar surface area (TPSA) is 123 Å². The average molecular weight is 448 g/mol. The minimum Gasteiger partial charge on any atom is -0.508 e. The molecule has 33 heavy (non-hydrogen) atoms. The van der Waals surface area contributed by atoms with Crippen LogP contribution < -0.4 is 14.2 Å². The zero-order valence-electron chi connectivity index (χ0n) is 17.3. The number of hydrogen-bond donors (Lipinski definition) is 3. The number of fused-ring (bicyclic) bond motifs is 2. The van der Waals surface area contributed by atoms with Gasteiger partial charge < -0.3 is 29.5 Å². The molecule has 2 aliphatic rings. The summed E-state index contributed by atoms with van der Waals surface area (Å²) in [5.41, 5.74) is 2.69. The first kappa shape index (κ1) is 20.7. The molecule has 0 amide bonds. The second kappa shape index (κ2) is 8.05. The van der Waals surface area contributed by atoms with Crippen molar-refractivity contribution in [2.75, 3.05) is 13.4 Å². The highest BCUT2D eigenvalue weighted by atomic mass is 16.7. The van der Waals surface area contributed by atoms with Crippen molar-refractivity contribution in [1.29, 1.82) is 0 Å². The van der Waals surface area contributed by atoms with Crippen molar-refractivity contribution in [2.24, 2.45) is 5.92 Å². The maximum absolute atomic E-state index is 12.7. The molecule has 5 rings (SSSR count). The zero-order chi connectivity index (χ0) is 23.1. The molecule has 8 heteroatoms. The van der Waals surface area contributed by atoms with Crippen LogP contribution in [0.1, 0.15) is 34.1 Å². The number of carboxylic acid groups (broad SMARTS) is 2. The van der Waals surface area contributed by atoms with Crippen LogP contribution in [0.15, 0.2) is 60.7 Å². The van der Waals surface area contributed by atoms with E-state index in [1.54, 1.807) is 48.5 Å². The molecule has 3 N–H and O–H groups in total. The van der Waals surface area contributed by atoms with Gasteiger partial charge in [-0.05, 0) is 47.0 Å². The maximum Gasteiger partial charge on any atom is 0.341 e. The first-order valence-corrected chi connectivity index (χ1v) is 10.3. The average Bonchev–Trinajstić information content (AvgIpc) is 3.39. The monoisotopic (exact) mass is 448 g/mol. The first-order chi connectivity index (χ1) is 15.9. The van der Waals surface area contributed by atoms with Crippen LogP contribution >= 0.6 is 0 Å². The van der Waals surface area contributed by atoms with E-state index in [4.69, 9.17) is 19.3 Å². The lowest BCUT2D eigenvalue weighted by atomic mass is 9.79. The Labute approximate surface area is 188 Å². The third kappa shape index (κ3) is 3.59. The van der Waals surface area contributed by atoms with Gasteiger partial charge in [-0.25, -0.2) is 4.79 Å². The molecule has 3 aromatic rings. The number of rotatable bonds is 6. The number of para-hydroxylation sites is 1. The largest absolute Gasteiger partial charge is 0.508 e. The first-order valence-electron chi connectivity index (χ1n) is 10.3. The summed E-state index contributed by atoms with van der Waals surface area (Å²) < 4.78 is 16.4. The number of carbonyl (C=O) groups is 2. The van der Waals surface area contributed by atoms with Crippen molar-refractivity contribution in [2.45, 2.75) is 11.8 Å². The molecule has 0 bridgehead atoms. The lowest BCUT2D eigenvalue weighted by Crippen LogP contribution is -2.24. The van der Waals surface area contributed by atoms with E-state index in [9.17, 15) is 19.8 Å². The molecule has 0 saturated carbocycles. The normalized spacial score (nSPS) is 20.3. The molecule has 1 heterocycles. The van der Waals surface area contributed by atoms with Gasteiger partial charge in [0.05, 0.1) is 5.92 Å². The van der Waals surface area contributed by atoms with Crippen LogP contribution in [-0.4, -0.2) is 40.7 Å². The van der Waals surface area contributed by atoms with Crippen LogP contribution in [0, 0.1) is 5.92 Å². The molecule has 3 atom stereocenters. The number of ether oxygens (including phenoxy) is 3. The standard InChI is InChI=1S/C25H20O8/c26-14-6-7-15-17(10-14)23(16-3-1-2-4-18(16)31-11-21(27)28)24(25(29)30)22(15)13-5-8-19-20(9-13)33-12-32-19/h1-10,22-24,26H,11-12H2,(H,27,28)(H,29,30)/t22-,23+,24+/m0/s1. The highest BCUT2D eigenvalue weighted by Crippen LogP contribution is 2.55. The van der Waals surface area contributed by atoms with Gasteiger partial charge in [0.15, 0.2) is 18.1 Å². The highest BCUT2D eigenvalue weighted by molar-refractivity contribution is 5.78. The van der Waals surface area contributed by atoms with Crippen molar-refractivity contribution in [3.8, 4) is 23.0 Å². The van der Waals surface area contributed by atoms with Crippen LogP contribution in [0.2, 0.25) is 0 Å². The van der Waals surface area contributed by atoms with Crippen LogP contribution in [0.4, 0.5) is 0 Å². The Hall–Kier alpha value is -4.20. The van der Waals surface area contributed by atoms with Gasteiger partial charge in [-0.15, -0.1) is 0 Å². The second-order valence-corrected chi connectivity index (χ2v) is 7.97. The predicted molar refractivity (Wildman–Crippen MR) is 115 cm³/mol. The molecular formula is C25H20O8. The fourth-order valence-electron chi connectivity index (χ4n) is 4.84. The Balaban J connectivity index is 1.68. The Morgan fingerprint density at radius 3 is 2.45 bits per heavy atom. The van der Waals surface area contributed by atoms with E-state index in [2.05, 4.69) is 0 Å². The van der Waals surface area contributed by atoms with Crippen LogP contribution in [0.5, 0.6) is 23.0 Å². The van der Waals surface area contributed by atoms with E-state index in [0.717, 1.165) is 11.1 Å². The van der Waals surface area contributed by atoms with E-state index in [-0.39, 0.29) is 18.3 Å². The summed E-state index contributed by atoms with van der Waals surface area (Å²) >= 11 is 0. The number of hydrogen-bond acceptors (Lipinski definition) is 6. The second-order valence-electron chi connectivity index (χ2n) is 7.97. The molecule has 0 spiro atoms. The number of phenols is 1. The summed E-state index contributed by atoms with van der Waals surface area (Å²) in [4.78, 5) is 23.8. The van der Waals surface area contributed by atoms with Crippen molar-refractivity contribution >= 4 is 11.9 Å². The van der Waals surface area contributed by atoms with Crippen molar-refractivity contribution < 1.29 is 39.1 Å². The number of benzene rings is 3. The van der Waals surface area contributed by atoms with Gasteiger partial charge in [0, 0.05) is 17.4 Å². The van der Waals surface area contributed by atoms with Gasteiger partial charge in [-0.3, -0.25) is 4.79 Å². The SMILES string of the molecule is O=C(O)COc1ccccc1[C@@H]1c2cc(O)ccc2[C@H](c2ccc3c(c2)OCO3)[C@H]1C(=O)O. The Kier molecular flexibility index (Phi) is 5.05. The van der Waals surface area contributed by atoms with Crippen LogP contribution in [0.25, 0.3) is 0 Å². The van der Waals surface area contributed by atoms with E-state index < -0.39 is 36.3 Å². The van der Waals surface area contributed by atoms with Crippen molar-refractivity contribution in [3.63, 3.8) is 0 Å². The quantitative estimate of drug-likeness (QED) is 0.523. The Bertz CT molecular complexity index is 1250. The fraction of sp³-hybridized carbons (Fsp3) is 0.200. The smallest absolute Gasteiger partial charge is 0.341 e. The van der Waals surface area contributed by atoms with E-state index in [1.165, 1.54) is 6.07 Å². The maximum atomic E-state index is 12.7. The summed E-state index contributed by atoms with van der Waals surface area (Å²) in [6, 6.07) is 17.0. The molecule has 0 saturated heterocycles. The van der Waals surface area contributed by atoms with Gasteiger partial charge in [0.25, 0.3) is 0 Å². The minimum atomic E-state index is -1.14. The van der Waals surface area contributed by atoms with Crippen molar-refractivity contribution in [1.82, 2.24) is 0 Å². The van der Waals surface area contributed by atoms with E-state index in [1.807, 2.05) is 6.07 Å². The van der Waals surface area contributed by atoms with Crippen LogP contribution in [0.3, 0.4) is 0 Å². The summed E-state index contributed by atoms with van der Waals surface area (Å²) in [7, 11) is 0. The highest BCUT2D eigenvalue weighted by Gasteiger charge is 2.47. The number of phenolic OH excluding ortho intramolecular Hbond substituents is 1. The number of carboxylic acids is 2. The molecule has 0 aromatic heterocycles. The van der Waals surface area contributed by atoms with E-state index >= 15 is 0 Å². The molecule has 8 nitrogen and oxygen atoms in total. The lowest BCUT2D eigenvalue weighted by molar-refractivity contribution is -0.142. The summed E-state index contributed by atoms with van der Waals surface area (Å²) in [6.45, 7) is -0.451. The minimum absolute atomic E-state index is 0.0122. The molecule has 1 aliphatic carbocycles. The number of aromatic hydroxyl groups is 1. The van der Waals surface area contributed by atoms with E-state index in [0.29, 0.717) is 22.6 Å². The summed E-state index contributed by atoms with van der Waals surface area (Å²) in [5, 5.41) is 29.6. The molecule has 1 aliphatic heterocycles. The number of aliphatic carboxylic acids is 2. The van der Waals surface area contributed by atoms with Gasteiger partial charge in [-0.1, -0.05) is 30.3 Å². The van der Waals surface area contributed by atoms with Gasteiger partial charge in [0.1, 0.15) is 11.5 Å². The van der Waals surface area contributed by atoms with Gasteiger partial charge in [-0.2, -0.15) is 0 Å². The molecule has 3 aromatic carbocycles. The van der Waals surface area contributed by atoms with Crippen LogP contribution in [-0.2, 0) is 9.59 Å². The molecule has 0 fully saturated rings. The van der Waals surface area contributed by atoms with Gasteiger partial charge in [0.2, 0.25) is 6.79 Å². The summed E-state index contributed by atoms with van der Waals surface area (Å²) in [5.74, 6) is -2.86. The molecule has 168 valence electrons. The van der Waals surface area contributed by atoms with Gasteiger partial charge >= 0.3 is 11.9 Å². The molecular weight excluding hydrogens is 428 g/mol. The third-order valence-electron chi connectivity index (χ3n) is 6.10. The predicted octanol–water partition coefficient (Wildman–Crippen LogP) is 3.56. The Morgan fingerprint density at radius 2 is 1.67 bits per heavy atom. The molecule has 0 unspecified atom stereocenters. The Morgan fingerprint density at radius 1 is 0.879 bits per heavy atom. The van der Waals surface area contributed by atoms with Crippen molar-refractivity contribution in [3.05, 3.63) is 82.9 Å². The fourth-order valence-corrected chi connectivity index (χ4v) is 4.84. The zero-order valence-corrected chi connectivity index (χ0v) is 17.3.